The Morgan fingerprint density at radius 2 is 1.70 bits per heavy atom. The van der Waals surface area contributed by atoms with Gasteiger partial charge >= 0.3 is 0 Å². The third-order valence-corrected chi connectivity index (χ3v) is 8.69. The summed E-state index contributed by atoms with van der Waals surface area (Å²) in [4.78, 5) is 30.4. The second kappa shape index (κ2) is 13.5. The van der Waals surface area contributed by atoms with Gasteiger partial charge in [0, 0.05) is 5.56 Å². The second-order valence-electron chi connectivity index (χ2n) is 8.75. The molecule has 0 saturated heterocycles. The van der Waals surface area contributed by atoms with Gasteiger partial charge in [-0.1, -0.05) is 58.4 Å². The van der Waals surface area contributed by atoms with E-state index in [2.05, 4.69) is 25.8 Å². The number of anilines is 1. The van der Waals surface area contributed by atoms with Crippen molar-refractivity contribution in [3.8, 4) is 22.9 Å². The Hall–Kier alpha value is -4.04. The summed E-state index contributed by atoms with van der Waals surface area (Å²) in [5.74, 6) is 0.815. The van der Waals surface area contributed by atoms with Gasteiger partial charge in [-0.2, -0.15) is 0 Å². The van der Waals surface area contributed by atoms with Crippen LogP contribution >= 0.6 is 46.3 Å². The van der Waals surface area contributed by atoms with Crippen molar-refractivity contribution in [1.29, 1.82) is 0 Å². The van der Waals surface area contributed by atoms with Crippen molar-refractivity contribution in [1.82, 2.24) is 25.1 Å². The highest BCUT2D eigenvalue weighted by molar-refractivity contribution is 7.99. The number of methoxy groups -OCH3 is 3. The lowest BCUT2D eigenvalue weighted by molar-refractivity contribution is -0.113. The number of aromatic nitrogens is 4. The lowest BCUT2D eigenvalue weighted by Gasteiger charge is -2.14. The first-order valence-electron chi connectivity index (χ1n) is 12.6. The maximum atomic E-state index is 13.1. The van der Waals surface area contributed by atoms with Crippen LogP contribution in [0.15, 0.2) is 59.8 Å². The summed E-state index contributed by atoms with van der Waals surface area (Å²) in [5, 5.41) is 15.9. The van der Waals surface area contributed by atoms with Crippen LogP contribution in [0.2, 0.25) is 10.0 Å². The molecular formula is C28H24Cl2N6O5S2. The Morgan fingerprint density at radius 3 is 2.37 bits per heavy atom. The van der Waals surface area contributed by atoms with Gasteiger partial charge in [-0.05, 0) is 42.5 Å². The molecule has 2 amide bonds. The van der Waals surface area contributed by atoms with Crippen LogP contribution in [0.1, 0.15) is 16.2 Å². The molecule has 0 atom stereocenters. The van der Waals surface area contributed by atoms with Gasteiger partial charge < -0.3 is 24.8 Å². The molecule has 0 bridgehead atoms. The fourth-order valence-corrected chi connectivity index (χ4v) is 6.02. The number of thiazole rings is 1. The van der Waals surface area contributed by atoms with Crippen molar-refractivity contribution >= 4 is 73.5 Å². The van der Waals surface area contributed by atoms with Crippen LogP contribution in [-0.2, 0) is 11.3 Å². The summed E-state index contributed by atoms with van der Waals surface area (Å²) in [6, 6.07) is 15.8. The number of rotatable bonds is 11. The Labute approximate surface area is 264 Å². The van der Waals surface area contributed by atoms with Crippen LogP contribution in [0.5, 0.6) is 17.2 Å². The number of amides is 2. The van der Waals surface area contributed by atoms with Crippen LogP contribution in [-0.4, -0.2) is 58.6 Å². The number of fused-ring (bicyclic) bond motifs is 1. The van der Waals surface area contributed by atoms with E-state index >= 15 is 0 Å². The maximum absolute atomic E-state index is 13.1. The van der Waals surface area contributed by atoms with E-state index in [0.717, 1.165) is 10.2 Å². The first kappa shape index (κ1) is 30.4. The zero-order valence-corrected chi connectivity index (χ0v) is 26.2. The average Bonchev–Trinajstić information content (AvgIpc) is 3.62. The molecule has 0 saturated carbocycles. The largest absolute Gasteiger partial charge is 0.493 e. The normalized spacial score (nSPS) is 10.9. The molecule has 11 nitrogen and oxygen atoms in total. The van der Waals surface area contributed by atoms with E-state index in [1.54, 1.807) is 34.9 Å². The molecule has 2 aromatic heterocycles. The molecule has 3 aromatic carbocycles. The quantitative estimate of drug-likeness (QED) is 0.167. The van der Waals surface area contributed by atoms with Crippen LogP contribution in [0.3, 0.4) is 0 Å². The van der Waals surface area contributed by atoms with E-state index in [-0.39, 0.29) is 23.8 Å². The highest BCUT2D eigenvalue weighted by atomic mass is 35.5. The van der Waals surface area contributed by atoms with Gasteiger partial charge in [0.1, 0.15) is 0 Å². The minimum atomic E-state index is -0.410. The van der Waals surface area contributed by atoms with E-state index in [1.165, 1.54) is 44.4 Å². The van der Waals surface area contributed by atoms with Crippen molar-refractivity contribution < 1.29 is 23.8 Å². The topological polar surface area (TPSA) is 129 Å². The lowest BCUT2D eigenvalue weighted by Crippen LogP contribution is -2.25. The number of nitrogens with zero attached hydrogens (tertiary/aromatic N) is 4. The molecule has 0 unspecified atom stereocenters. The SMILES string of the molecule is COc1cc(C(=O)NCc2nnc(SCC(=O)Nc3nc4ccccc4s3)n2-c2ccc(Cl)c(Cl)c2)cc(OC)c1OC. The number of hydrogen-bond acceptors (Lipinski definition) is 10. The minimum absolute atomic E-state index is 0.00119. The molecule has 0 aliphatic rings. The van der Waals surface area contributed by atoms with Crippen LogP contribution < -0.4 is 24.8 Å². The van der Waals surface area contributed by atoms with E-state index in [1.807, 2.05) is 24.3 Å². The zero-order chi connectivity index (χ0) is 30.5. The van der Waals surface area contributed by atoms with Crippen LogP contribution in [0.4, 0.5) is 5.13 Å². The van der Waals surface area contributed by atoms with Crippen molar-refractivity contribution in [2.75, 3.05) is 32.4 Å². The molecule has 0 aliphatic carbocycles. The van der Waals surface area contributed by atoms with Gasteiger partial charge in [0.15, 0.2) is 27.6 Å². The summed E-state index contributed by atoms with van der Waals surface area (Å²) in [5.41, 5.74) is 1.70. The monoisotopic (exact) mass is 658 g/mol. The third-order valence-electron chi connectivity index (χ3n) is 6.07. The number of hydrogen-bond donors (Lipinski definition) is 2. The van der Waals surface area contributed by atoms with E-state index in [9.17, 15) is 9.59 Å². The second-order valence-corrected chi connectivity index (χ2v) is 11.5. The van der Waals surface area contributed by atoms with Gasteiger partial charge in [-0.15, -0.1) is 10.2 Å². The molecule has 2 N–H and O–H groups in total. The molecule has 2 heterocycles. The molecule has 15 heteroatoms. The van der Waals surface area contributed by atoms with E-state index < -0.39 is 5.91 Å². The van der Waals surface area contributed by atoms with Crippen molar-refractivity contribution in [2.24, 2.45) is 0 Å². The van der Waals surface area contributed by atoms with Crippen LogP contribution in [0.25, 0.3) is 15.9 Å². The smallest absolute Gasteiger partial charge is 0.251 e. The molecule has 222 valence electrons. The summed E-state index contributed by atoms with van der Waals surface area (Å²) in [6.07, 6.45) is 0. The Morgan fingerprint density at radius 1 is 0.953 bits per heavy atom. The number of halogens is 2. The fraction of sp³-hybridized carbons (Fsp3) is 0.179. The number of carbonyl (C=O) groups is 2. The van der Waals surface area contributed by atoms with Gasteiger partial charge in [0.2, 0.25) is 11.7 Å². The number of ether oxygens (including phenoxy) is 3. The molecule has 0 radical (unpaired) electrons. The van der Waals surface area contributed by atoms with E-state index in [0.29, 0.717) is 49.1 Å². The predicted molar refractivity (Wildman–Crippen MR) is 168 cm³/mol. The number of carbonyl (C=O) groups excluding carboxylic acids is 2. The number of para-hydroxylation sites is 1. The number of nitrogens with one attached hydrogen (secondary N) is 2. The molecular weight excluding hydrogens is 635 g/mol. The Balaban J connectivity index is 1.35. The minimum Gasteiger partial charge on any atom is -0.493 e. The summed E-state index contributed by atoms with van der Waals surface area (Å²) in [7, 11) is 4.42. The molecule has 0 spiro atoms. The molecule has 0 aliphatic heterocycles. The first-order valence-corrected chi connectivity index (χ1v) is 15.1. The molecule has 0 fully saturated rings. The molecule has 43 heavy (non-hydrogen) atoms. The fourth-order valence-electron chi connectivity index (χ4n) is 4.08. The van der Waals surface area contributed by atoms with Crippen LogP contribution in [0, 0.1) is 0 Å². The summed E-state index contributed by atoms with van der Waals surface area (Å²) >= 11 is 15.0. The van der Waals surface area contributed by atoms with Gasteiger partial charge in [-0.3, -0.25) is 14.2 Å². The van der Waals surface area contributed by atoms with Gasteiger partial charge in [-0.25, -0.2) is 4.98 Å². The highest BCUT2D eigenvalue weighted by Crippen LogP contribution is 2.38. The zero-order valence-electron chi connectivity index (χ0n) is 23.0. The van der Waals surface area contributed by atoms with E-state index in [4.69, 9.17) is 37.4 Å². The Bertz CT molecular complexity index is 1750. The lowest BCUT2D eigenvalue weighted by atomic mass is 10.1. The number of thioether (sulfide) groups is 1. The van der Waals surface area contributed by atoms with Gasteiger partial charge in [0.25, 0.3) is 5.91 Å². The maximum Gasteiger partial charge on any atom is 0.251 e. The predicted octanol–water partition coefficient (Wildman–Crippen LogP) is 5.87. The van der Waals surface area contributed by atoms with Crippen molar-refractivity contribution in [2.45, 2.75) is 11.7 Å². The Kier molecular flexibility index (Phi) is 9.56. The first-order chi connectivity index (χ1) is 20.8. The average molecular weight is 660 g/mol. The molecule has 5 rings (SSSR count). The highest BCUT2D eigenvalue weighted by Gasteiger charge is 2.20. The van der Waals surface area contributed by atoms with Crippen molar-refractivity contribution in [3.05, 3.63) is 76.0 Å². The van der Waals surface area contributed by atoms with Crippen molar-refractivity contribution in [3.63, 3.8) is 0 Å². The summed E-state index contributed by atoms with van der Waals surface area (Å²) in [6.45, 7) is 0.00119. The summed E-state index contributed by atoms with van der Waals surface area (Å²) < 4.78 is 18.7. The number of benzene rings is 3. The third kappa shape index (κ3) is 6.80. The molecule has 5 aromatic rings. The van der Waals surface area contributed by atoms with Gasteiger partial charge in [0.05, 0.1) is 59.6 Å². The standard InChI is InChI=1S/C28H24Cl2N6O5S2/c1-39-20-10-15(11-21(40-2)25(20)41-3)26(38)31-13-23-34-35-28(36(23)16-8-9-17(29)18(30)12-16)42-14-24(37)33-27-32-19-6-4-5-7-22(19)43-27/h4-12H,13-14H2,1-3H3,(H,31,38)(H,32,33,37).